The molecule has 5 heteroatoms. The second kappa shape index (κ2) is 11.4. The molecule has 5 nitrogen and oxygen atoms in total. The summed E-state index contributed by atoms with van der Waals surface area (Å²) in [5.41, 5.74) is 1.97. The standard InChI is InChI=1S/C27H38N2O3/c1-21(24-12-14-25(15-13-24)31-20-23-9-6-5-7-10-23)28-17-16-22-11-8-18-29(19-22)26(30)32-27(2,3)4/h5-7,9-10,12-15,21-22,28H,8,11,16-20H2,1-4H3. The molecule has 1 heterocycles. The van der Waals surface area contributed by atoms with Crippen LogP contribution in [-0.4, -0.2) is 36.2 Å². The number of hydrogen-bond donors (Lipinski definition) is 1. The molecule has 0 bridgehead atoms. The molecule has 0 spiro atoms. The summed E-state index contributed by atoms with van der Waals surface area (Å²) >= 11 is 0. The minimum atomic E-state index is -0.441. The Morgan fingerprint density at radius 2 is 1.84 bits per heavy atom. The SMILES string of the molecule is CC(NCCC1CCCN(C(=O)OC(C)(C)C)C1)c1ccc(OCc2ccccc2)cc1. The van der Waals surface area contributed by atoms with E-state index in [1.807, 2.05) is 56.0 Å². The van der Waals surface area contributed by atoms with E-state index in [4.69, 9.17) is 9.47 Å². The van der Waals surface area contributed by atoms with Gasteiger partial charge in [-0.15, -0.1) is 0 Å². The van der Waals surface area contributed by atoms with E-state index < -0.39 is 5.60 Å². The number of ether oxygens (including phenoxy) is 2. The molecule has 1 saturated heterocycles. The number of carbonyl (C=O) groups is 1. The van der Waals surface area contributed by atoms with Crippen LogP contribution in [0, 0.1) is 5.92 Å². The van der Waals surface area contributed by atoms with Crippen molar-refractivity contribution in [3.8, 4) is 5.75 Å². The molecule has 2 atom stereocenters. The van der Waals surface area contributed by atoms with Gasteiger partial charge in [-0.2, -0.15) is 0 Å². The van der Waals surface area contributed by atoms with E-state index in [9.17, 15) is 4.79 Å². The van der Waals surface area contributed by atoms with Crippen molar-refractivity contribution in [2.45, 2.75) is 65.2 Å². The third kappa shape index (κ3) is 7.86. The zero-order valence-corrected chi connectivity index (χ0v) is 20.0. The van der Waals surface area contributed by atoms with Crippen LogP contribution in [0.5, 0.6) is 5.75 Å². The lowest BCUT2D eigenvalue weighted by Crippen LogP contribution is -2.43. The van der Waals surface area contributed by atoms with Gasteiger partial charge in [-0.25, -0.2) is 4.79 Å². The van der Waals surface area contributed by atoms with Crippen LogP contribution in [0.2, 0.25) is 0 Å². The van der Waals surface area contributed by atoms with Gasteiger partial charge >= 0.3 is 6.09 Å². The molecule has 0 radical (unpaired) electrons. The van der Waals surface area contributed by atoms with Gasteiger partial charge < -0.3 is 19.7 Å². The van der Waals surface area contributed by atoms with Crippen molar-refractivity contribution in [1.82, 2.24) is 10.2 Å². The topological polar surface area (TPSA) is 50.8 Å². The first-order valence-corrected chi connectivity index (χ1v) is 11.8. The highest BCUT2D eigenvalue weighted by Gasteiger charge is 2.27. The minimum Gasteiger partial charge on any atom is -0.489 e. The maximum Gasteiger partial charge on any atom is 0.410 e. The summed E-state index contributed by atoms with van der Waals surface area (Å²) in [5.74, 6) is 1.40. The van der Waals surface area contributed by atoms with Gasteiger partial charge in [-0.3, -0.25) is 0 Å². The average Bonchev–Trinajstić information content (AvgIpc) is 2.78. The summed E-state index contributed by atoms with van der Waals surface area (Å²) in [4.78, 5) is 14.2. The molecule has 3 rings (SSSR count). The quantitative estimate of drug-likeness (QED) is 0.553. The number of benzene rings is 2. The lowest BCUT2D eigenvalue weighted by Gasteiger charge is -2.34. The molecule has 1 amide bonds. The summed E-state index contributed by atoms with van der Waals surface area (Å²) in [6.07, 6.45) is 3.09. The highest BCUT2D eigenvalue weighted by Crippen LogP contribution is 2.23. The van der Waals surface area contributed by atoms with Crippen molar-refractivity contribution < 1.29 is 14.3 Å². The number of nitrogens with one attached hydrogen (secondary N) is 1. The van der Waals surface area contributed by atoms with Crippen LogP contribution < -0.4 is 10.1 Å². The van der Waals surface area contributed by atoms with Crippen LogP contribution in [0.1, 0.15) is 64.1 Å². The van der Waals surface area contributed by atoms with E-state index in [2.05, 4.69) is 36.5 Å². The fourth-order valence-corrected chi connectivity index (χ4v) is 4.01. The fourth-order valence-electron chi connectivity index (χ4n) is 4.01. The van der Waals surface area contributed by atoms with E-state index >= 15 is 0 Å². The molecule has 32 heavy (non-hydrogen) atoms. The van der Waals surface area contributed by atoms with Gasteiger partial charge in [-0.1, -0.05) is 42.5 Å². The Hall–Kier alpha value is -2.53. The molecule has 2 unspecified atom stereocenters. The Labute approximate surface area is 193 Å². The number of nitrogens with zero attached hydrogens (tertiary/aromatic N) is 1. The van der Waals surface area contributed by atoms with E-state index in [0.717, 1.165) is 38.2 Å². The summed E-state index contributed by atoms with van der Waals surface area (Å²) in [6, 6.07) is 18.8. The van der Waals surface area contributed by atoms with Crippen molar-refractivity contribution in [3.05, 3.63) is 65.7 Å². The molecule has 1 fully saturated rings. The predicted octanol–water partition coefficient (Wildman–Crippen LogP) is 5.95. The highest BCUT2D eigenvalue weighted by atomic mass is 16.6. The zero-order chi connectivity index (χ0) is 23.0. The Kier molecular flexibility index (Phi) is 8.57. The molecule has 1 N–H and O–H groups in total. The third-order valence-corrected chi connectivity index (χ3v) is 5.80. The number of hydrogen-bond acceptors (Lipinski definition) is 4. The van der Waals surface area contributed by atoms with Crippen LogP contribution in [0.15, 0.2) is 54.6 Å². The van der Waals surface area contributed by atoms with Gasteiger partial charge in [0.1, 0.15) is 18.0 Å². The van der Waals surface area contributed by atoms with Crippen LogP contribution in [0.4, 0.5) is 4.79 Å². The van der Waals surface area contributed by atoms with Gasteiger partial charge in [0.25, 0.3) is 0 Å². The van der Waals surface area contributed by atoms with E-state index in [0.29, 0.717) is 12.5 Å². The van der Waals surface area contributed by atoms with Crippen LogP contribution in [-0.2, 0) is 11.3 Å². The zero-order valence-electron chi connectivity index (χ0n) is 20.0. The molecule has 2 aromatic rings. The van der Waals surface area contributed by atoms with Crippen molar-refractivity contribution in [2.75, 3.05) is 19.6 Å². The Morgan fingerprint density at radius 3 is 2.53 bits per heavy atom. The van der Waals surface area contributed by atoms with Crippen LogP contribution in [0.25, 0.3) is 0 Å². The maximum absolute atomic E-state index is 12.4. The first kappa shape index (κ1) is 24.1. The first-order chi connectivity index (χ1) is 15.3. The number of likely N-dealkylation sites (tertiary alicyclic amines) is 1. The van der Waals surface area contributed by atoms with E-state index in [1.54, 1.807) is 0 Å². The van der Waals surface area contributed by atoms with Gasteiger partial charge in [0.05, 0.1) is 0 Å². The van der Waals surface area contributed by atoms with Crippen LogP contribution in [0.3, 0.4) is 0 Å². The van der Waals surface area contributed by atoms with Gasteiger partial charge in [0.2, 0.25) is 0 Å². The number of piperidine rings is 1. The molecule has 2 aromatic carbocycles. The Bertz CT molecular complexity index is 830. The number of carbonyl (C=O) groups excluding carboxylic acids is 1. The lowest BCUT2D eigenvalue weighted by atomic mass is 9.95. The van der Waals surface area contributed by atoms with E-state index in [1.165, 1.54) is 17.5 Å². The van der Waals surface area contributed by atoms with E-state index in [-0.39, 0.29) is 12.1 Å². The van der Waals surface area contributed by atoms with Gasteiger partial charge in [-0.05, 0) is 82.7 Å². The van der Waals surface area contributed by atoms with Gasteiger partial charge in [0.15, 0.2) is 0 Å². The molecule has 1 aliphatic heterocycles. The second-order valence-corrected chi connectivity index (χ2v) is 9.74. The van der Waals surface area contributed by atoms with Crippen molar-refractivity contribution in [2.24, 2.45) is 5.92 Å². The van der Waals surface area contributed by atoms with Crippen molar-refractivity contribution in [1.29, 1.82) is 0 Å². The molecule has 0 aromatic heterocycles. The molecular weight excluding hydrogens is 400 g/mol. The smallest absolute Gasteiger partial charge is 0.410 e. The molecular formula is C27H38N2O3. The summed E-state index contributed by atoms with van der Waals surface area (Å²) in [6.45, 7) is 11.0. The monoisotopic (exact) mass is 438 g/mol. The maximum atomic E-state index is 12.4. The first-order valence-electron chi connectivity index (χ1n) is 11.8. The number of rotatable bonds is 8. The molecule has 0 aliphatic carbocycles. The predicted molar refractivity (Wildman–Crippen MR) is 129 cm³/mol. The Morgan fingerprint density at radius 1 is 1.12 bits per heavy atom. The third-order valence-electron chi connectivity index (χ3n) is 5.80. The normalized spacial score (nSPS) is 17.6. The van der Waals surface area contributed by atoms with Crippen molar-refractivity contribution >= 4 is 6.09 Å². The average molecular weight is 439 g/mol. The lowest BCUT2D eigenvalue weighted by molar-refractivity contribution is 0.0161. The molecule has 174 valence electrons. The molecule has 0 saturated carbocycles. The highest BCUT2D eigenvalue weighted by molar-refractivity contribution is 5.68. The fraction of sp³-hybridized carbons (Fsp3) is 0.519. The van der Waals surface area contributed by atoms with Gasteiger partial charge in [0, 0.05) is 19.1 Å². The number of amides is 1. The largest absolute Gasteiger partial charge is 0.489 e. The summed E-state index contributed by atoms with van der Waals surface area (Å²) in [5, 5.41) is 3.63. The van der Waals surface area contributed by atoms with Crippen LogP contribution >= 0.6 is 0 Å². The Balaban J connectivity index is 1.39. The van der Waals surface area contributed by atoms with Crippen molar-refractivity contribution in [3.63, 3.8) is 0 Å². The summed E-state index contributed by atoms with van der Waals surface area (Å²) < 4.78 is 11.4. The summed E-state index contributed by atoms with van der Waals surface area (Å²) in [7, 11) is 0. The molecule has 1 aliphatic rings. The minimum absolute atomic E-state index is 0.182. The second-order valence-electron chi connectivity index (χ2n) is 9.74.